The van der Waals surface area contributed by atoms with Gasteiger partial charge >= 0.3 is 0 Å². The second kappa shape index (κ2) is 4.44. The molecule has 1 unspecified atom stereocenters. The first-order valence-electron chi connectivity index (χ1n) is 5.96. The Bertz CT molecular complexity index is 538. The van der Waals surface area contributed by atoms with Crippen LogP contribution in [0.2, 0.25) is 0 Å². The predicted octanol–water partition coefficient (Wildman–Crippen LogP) is 1.90. The van der Waals surface area contributed by atoms with Gasteiger partial charge in [-0.3, -0.25) is 4.72 Å². The lowest BCUT2D eigenvalue weighted by atomic mass is 10.0. The molecule has 0 spiro atoms. The minimum Gasteiger partial charge on any atom is -0.382 e. The monoisotopic (exact) mass is 269 g/mol. The summed E-state index contributed by atoms with van der Waals surface area (Å²) in [7, 11) is -3.72. The molecule has 100 valence electrons. The topological polar surface area (TPSA) is 84.2 Å². The summed E-state index contributed by atoms with van der Waals surface area (Å²) in [4.78, 5) is 0. The summed E-state index contributed by atoms with van der Waals surface area (Å²) >= 11 is 0. The fourth-order valence-corrected chi connectivity index (χ4v) is 2.35. The summed E-state index contributed by atoms with van der Waals surface area (Å²) in [5.74, 6) is 0. The van der Waals surface area contributed by atoms with Gasteiger partial charge in [0.15, 0.2) is 0 Å². The number of benzene rings is 1. The van der Waals surface area contributed by atoms with E-state index in [-0.39, 0.29) is 0 Å². The van der Waals surface area contributed by atoms with Crippen LogP contribution in [0.3, 0.4) is 0 Å². The van der Waals surface area contributed by atoms with Gasteiger partial charge in [-0.25, -0.2) is 5.14 Å². The lowest BCUT2D eigenvalue weighted by molar-refractivity contribution is 0.493. The van der Waals surface area contributed by atoms with Gasteiger partial charge in [0.2, 0.25) is 0 Å². The molecule has 1 atom stereocenters. The summed E-state index contributed by atoms with van der Waals surface area (Å²) < 4.78 is 24.2. The zero-order valence-electron chi connectivity index (χ0n) is 10.6. The van der Waals surface area contributed by atoms with E-state index in [1.807, 2.05) is 6.07 Å². The van der Waals surface area contributed by atoms with Crippen LogP contribution in [0.4, 0.5) is 11.4 Å². The molecule has 1 fully saturated rings. The van der Waals surface area contributed by atoms with Crippen LogP contribution in [-0.2, 0) is 10.2 Å². The second-order valence-electron chi connectivity index (χ2n) is 5.25. The van der Waals surface area contributed by atoms with E-state index in [9.17, 15) is 8.42 Å². The van der Waals surface area contributed by atoms with Gasteiger partial charge in [-0.2, -0.15) is 8.42 Å². The number of hydrogen-bond donors (Lipinski definition) is 3. The van der Waals surface area contributed by atoms with Crippen molar-refractivity contribution in [2.75, 3.05) is 10.0 Å². The van der Waals surface area contributed by atoms with Crippen molar-refractivity contribution in [3.63, 3.8) is 0 Å². The van der Waals surface area contributed by atoms with Crippen molar-refractivity contribution in [2.45, 2.75) is 32.7 Å². The van der Waals surface area contributed by atoms with Crippen LogP contribution in [0.1, 0.15) is 26.7 Å². The summed E-state index contributed by atoms with van der Waals surface area (Å²) in [6.45, 7) is 4.39. The summed E-state index contributed by atoms with van der Waals surface area (Å²) in [5, 5.41) is 8.33. The number of nitrogens with one attached hydrogen (secondary N) is 2. The Kier molecular flexibility index (Phi) is 3.25. The van der Waals surface area contributed by atoms with Crippen LogP contribution in [0.5, 0.6) is 0 Å². The average molecular weight is 269 g/mol. The van der Waals surface area contributed by atoms with E-state index in [1.54, 1.807) is 18.2 Å². The van der Waals surface area contributed by atoms with Gasteiger partial charge in [0.05, 0.1) is 5.69 Å². The summed E-state index contributed by atoms with van der Waals surface area (Å²) in [5.41, 5.74) is 1.73. The van der Waals surface area contributed by atoms with E-state index in [0.29, 0.717) is 17.1 Å². The van der Waals surface area contributed by atoms with Gasteiger partial charge < -0.3 is 5.32 Å². The maximum absolute atomic E-state index is 10.9. The van der Waals surface area contributed by atoms with Crippen molar-refractivity contribution >= 4 is 21.6 Å². The molecular formula is C12H19N3O2S. The fraction of sp³-hybridized carbons (Fsp3) is 0.500. The molecule has 0 aliphatic heterocycles. The van der Waals surface area contributed by atoms with Crippen molar-refractivity contribution in [1.29, 1.82) is 0 Å². The minimum atomic E-state index is -3.72. The van der Waals surface area contributed by atoms with Gasteiger partial charge in [0.25, 0.3) is 10.2 Å². The van der Waals surface area contributed by atoms with Crippen LogP contribution < -0.4 is 15.2 Å². The molecule has 1 aromatic rings. The maximum atomic E-state index is 10.9. The quantitative estimate of drug-likeness (QED) is 0.763. The van der Waals surface area contributed by atoms with E-state index in [2.05, 4.69) is 23.9 Å². The van der Waals surface area contributed by atoms with Gasteiger partial charge in [-0.05, 0) is 43.4 Å². The molecule has 1 saturated carbocycles. The molecule has 0 saturated heterocycles. The third kappa shape index (κ3) is 3.36. The summed E-state index contributed by atoms with van der Waals surface area (Å²) in [6, 6.07) is 7.47. The molecule has 1 aliphatic carbocycles. The molecule has 2 rings (SSSR count). The normalized spacial score (nSPS) is 19.1. The van der Waals surface area contributed by atoms with Gasteiger partial charge in [0.1, 0.15) is 0 Å². The molecular weight excluding hydrogens is 250 g/mol. The van der Waals surface area contributed by atoms with Crippen LogP contribution in [-0.4, -0.2) is 14.5 Å². The molecule has 1 aromatic carbocycles. The molecule has 0 radical (unpaired) electrons. The molecule has 4 N–H and O–H groups in total. The Morgan fingerprint density at radius 3 is 2.50 bits per heavy atom. The largest absolute Gasteiger partial charge is 0.382 e. The third-order valence-corrected chi connectivity index (χ3v) is 4.11. The zero-order chi connectivity index (χ0) is 13.4. The smallest absolute Gasteiger partial charge is 0.296 e. The van der Waals surface area contributed by atoms with Gasteiger partial charge in [-0.15, -0.1) is 0 Å². The second-order valence-corrected chi connectivity index (χ2v) is 6.54. The Labute approximate surface area is 108 Å². The molecule has 0 heterocycles. The third-order valence-electron chi connectivity index (χ3n) is 3.59. The molecule has 18 heavy (non-hydrogen) atoms. The lowest BCUT2D eigenvalue weighted by Gasteiger charge is -2.22. The van der Waals surface area contributed by atoms with Crippen molar-refractivity contribution in [3.05, 3.63) is 24.3 Å². The molecule has 5 nitrogen and oxygen atoms in total. The molecule has 1 aliphatic rings. The van der Waals surface area contributed by atoms with E-state index >= 15 is 0 Å². The number of rotatable bonds is 5. The standard InChI is InChI=1S/C12H19N3O2S/c1-9(12(2)6-7-12)14-10-4-3-5-11(8-10)15-18(13,16)17/h3-5,8-9,14-15H,6-7H2,1-2H3,(H2,13,16,17). The minimum absolute atomic E-state index is 0.363. The summed E-state index contributed by atoms with van der Waals surface area (Å²) in [6.07, 6.45) is 2.46. The van der Waals surface area contributed by atoms with Crippen molar-refractivity contribution in [2.24, 2.45) is 10.6 Å². The van der Waals surface area contributed by atoms with Crippen LogP contribution >= 0.6 is 0 Å². The average Bonchev–Trinajstić information content (AvgIpc) is 2.95. The van der Waals surface area contributed by atoms with Crippen molar-refractivity contribution in [3.8, 4) is 0 Å². The Balaban J connectivity index is 2.07. The first-order valence-corrected chi connectivity index (χ1v) is 7.50. The SMILES string of the molecule is CC(Nc1cccc(NS(N)(=O)=O)c1)C1(C)CC1. The highest BCUT2D eigenvalue weighted by Gasteiger charge is 2.42. The molecule has 6 heteroatoms. The fourth-order valence-electron chi connectivity index (χ4n) is 1.89. The lowest BCUT2D eigenvalue weighted by Crippen LogP contribution is -2.25. The molecule has 0 amide bonds. The highest BCUT2D eigenvalue weighted by Crippen LogP contribution is 2.48. The maximum Gasteiger partial charge on any atom is 0.296 e. The number of hydrogen-bond acceptors (Lipinski definition) is 3. The van der Waals surface area contributed by atoms with Gasteiger partial charge in [-0.1, -0.05) is 13.0 Å². The Morgan fingerprint density at radius 2 is 1.94 bits per heavy atom. The van der Waals surface area contributed by atoms with E-state index in [1.165, 1.54) is 12.8 Å². The van der Waals surface area contributed by atoms with E-state index in [4.69, 9.17) is 5.14 Å². The Morgan fingerprint density at radius 1 is 1.33 bits per heavy atom. The van der Waals surface area contributed by atoms with E-state index in [0.717, 1.165) is 5.69 Å². The van der Waals surface area contributed by atoms with E-state index < -0.39 is 10.2 Å². The van der Waals surface area contributed by atoms with Crippen LogP contribution in [0, 0.1) is 5.41 Å². The Hall–Kier alpha value is -1.27. The molecule has 0 aromatic heterocycles. The van der Waals surface area contributed by atoms with Crippen molar-refractivity contribution < 1.29 is 8.42 Å². The van der Waals surface area contributed by atoms with Crippen LogP contribution in [0.15, 0.2) is 24.3 Å². The first-order chi connectivity index (χ1) is 8.28. The molecule has 0 bridgehead atoms. The highest BCUT2D eigenvalue weighted by atomic mass is 32.2. The highest BCUT2D eigenvalue weighted by molar-refractivity contribution is 7.90. The number of anilines is 2. The first kappa shape index (κ1) is 13.2. The van der Waals surface area contributed by atoms with Gasteiger partial charge in [0, 0.05) is 11.7 Å². The van der Waals surface area contributed by atoms with Crippen LogP contribution in [0.25, 0.3) is 0 Å². The number of nitrogens with two attached hydrogens (primary N) is 1. The predicted molar refractivity (Wildman–Crippen MR) is 73.6 cm³/mol. The van der Waals surface area contributed by atoms with Crippen molar-refractivity contribution in [1.82, 2.24) is 0 Å². The zero-order valence-corrected chi connectivity index (χ0v) is 11.4.